The van der Waals surface area contributed by atoms with E-state index in [2.05, 4.69) is 0 Å². The molecule has 0 saturated carbocycles. The molecular formula is C26H20ClNO5S2. The van der Waals surface area contributed by atoms with Gasteiger partial charge in [-0.3, -0.25) is 9.69 Å². The van der Waals surface area contributed by atoms with E-state index in [4.69, 9.17) is 38.4 Å². The average molecular weight is 526 g/mol. The van der Waals surface area contributed by atoms with Crippen molar-refractivity contribution in [1.82, 2.24) is 4.90 Å². The van der Waals surface area contributed by atoms with Crippen molar-refractivity contribution >= 4 is 57.9 Å². The molecule has 0 atom stereocenters. The van der Waals surface area contributed by atoms with Gasteiger partial charge in [0.2, 0.25) is 0 Å². The highest BCUT2D eigenvalue weighted by Gasteiger charge is 2.32. The lowest BCUT2D eigenvalue weighted by Gasteiger charge is -2.14. The number of nitrogens with zero attached hydrogens (tertiary/aromatic N) is 1. The molecule has 178 valence electrons. The molecule has 1 fully saturated rings. The molecule has 1 saturated heterocycles. The van der Waals surface area contributed by atoms with Gasteiger partial charge in [-0.1, -0.05) is 65.9 Å². The highest BCUT2D eigenvalue weighted by Crippen LogP contribution is 2.35. The highest BCUT2D eigenvalue weighted by molar-refractivity contribution is 8.26. The largest absolute Gasteiger partial charge is 0.497 e. The molecule has 0 unspecified atom stereocenters. The van der Waals surface area contributed by atoms with Crippen molar-refractivity contribution in [3.05, 3.63) is 98.9 Å². The summed E-state index contributed by atoms with van der Waals surface area (Å²) in [7, 11) is 1.61. The minimum Gasteiger partial charge on any atom is -0.497 e. The van der Waals surface area contributed by atoms with E-state index >= 15 is 0 Å². The fourth-order valence-corrected chi connectivity index (χ4v) is 4.83. The third-order valence-electron chi connectivity index (χ3n) is 5.22. The van der Waals surface area contributed by atoms with E-state index in [0.717, 1.165) is 22.4 Å². The van der Waals surface area contributed by atoms with E-state index in [9.17, 15) is 9.59 Å². The molecule has 35 heavy (non-hydrogen) atoms. The summed E-state index contributed by atoms with van der Waals surface area (Å²) in [5.41, 5.74) is 2.73. The third kappa shape index (κ3) is 6.03. The summed E-state index contributed by atoms with van der Waals surface area (Å²) in [6, 6.07) is 19.2. The number of aromatic carboxylic acids is 1. The first-order chi connectivity index (χ1) is 16.8. The number of carboxylic acids is 1. The summed E-state index contributed by atoms with van der Waals surface area (Å²) in [6.07, 6.45) is 1.76. The van der Waals surface area contributed by atoms with Gasteiger partial charge < -0.3 is 14.6 Å². The molecule has 1 N–H and O–H groups in total. The second kappa shape index (κ2) is 10.9. The predicted molar refractivity (Wildman–Crippen MR) is 141 cm³/mol. The van der Waals surface area contributed by atoms with Crippen LogP contribution >= 0.6 is 35.6 Å². The molecular weight excluding hydrogens is 506 g/mol. The van der Waals surface area contributed by atoms with Gasteiger partial charge in [-0.2, -0.15) is 0 Å². The van der Waals surface area contributed by atoms with Gasteiger partial charge in [0.25, 0.3) is 5.91 Å². The normalized spacial score (nSPS) is 14.5. The standard InChI is InChI=1S/C26H20ClNO5S2/c1-32-20-9-4-16(5-10-20)14-28-24(29)23(35-26(28)34)13-18-6-11-22(21(27)12-18)33-15-17-2-7-19(8-3-17)25(30)31/h2-13H,14-15H2,1H3,(H,30,31)/b23-13+. The number of carbonyl (C=O) groups excluding carboxylic acids is 1. The van der Waals surface area contributed by atoms with Crippen LogP contribution in [0.15, 0.2) is 71.6 Å². The number of carbonyl (C=O) groups is 2. The molecule has 1 aliphatic rings. The maximum Gasteiger partial charge on any atom is 0.335 e. The smallest absolute Gasteiger partial charge is 0.335 e. The number of halogens is 1. The first-order valence-electron chi connectivity index (χ1n) is 10.5. The van der Waals surface area contributed by atoms with Gasteiger partial charge in [0, 0.05) is 0 Å². The van der Waals surface area contributed by atoms with Crippen molar-refractivity contribution in [2.45, 2.75) is 13.2 Å². The Labute approximate surface area is 217 Å². The van der Waals surface area contributed by atoms with E-state index < -0.39 is 5.97 Å². The second-order valence-electron chi connectivity index (χ2n) is 7.60. The van der Waals surface area contributed by atoms with Crippen LogP contribution in [0.4, 0.5) is 0 Å². The van der Waals surface area contributed by atoms with Crippen LogP contribution in [0.25, 0.3) is 6.08 Å². The van der Waals surface area contributed by atoms with Gasteiger partial charge in [-0.15, -0.1) is 0 Å². The van der Waals surface area contributed by atoms with Gasteiger partial charge in [-0.05, 0) is 59.2 Å². The summed E-state index contributed by atoms with van der Waals surface area (Å²) >= 11 is 13.1. The fraction of sp³-hybridized carbons (Fsp3) is 0.115. The number of methoxy groups -OCH3 is 1. The number of thioether (sulfide) groups is 1. The molecule has 6 nitrogen and oxygen atoms in total. The minimum absolute atomic E-state index is 0.155. The molecule has 1 heterocycles. The molecule has 0 bridgehead atoms. The van der Waals surface area contributed by atoms with Crippen molar-refractivity contribution in [3.8, 4) is 11.5 Å². The van der Waals surface area contributed by atoms with E-state index in [0.29, 0.717) is 26.5 Å². The first kappa shape index (κ1) is 24.8. The summed E-state index contributed by atoms with van der Waals surface area (Å²) in [5.74, 6) is 0.100. The maximum atomic E-state index is 13.0. The second-order valence-corrected chi connectivity index (χ2v) is 9.68. The minimum atomic E-state index is -0.978. The van der Waals surface area contributed by atoms with Crippen LogP contribution in [-0.2, 0) is 17.9 Å². The number of amides is 1. The van der Waals surface area contributed by atoms with Gasteiger partial charge in [0.15, 0.2) is 0 Å². The van der Waals surface area contributed by atoms with Crippen LogP contribution in [0.5, 0.6) is 11.5 Å². The number of rotatable bonds is 8. The third-order valence-corrected chi connectivity index (χ3v) is 6.90. The summed E-state index contributed by atoms with van der Waals surface area (Å²) < 4.78 is 11.4. The van der Waals surface area contributed by atoms with Gasteiger partial charge in [0.1, 0.15) is 22.4 Å². The maximum absolute atomic E-state index is 13.0. The highest BCUT2D eigenvalue weighted by atomic mass is 35.5. The van der Waals surface area contributed by atoms with Crippen molar-refractivity contribution in [2.75, 3.05) is 7.11 Å². The quantitative estimate of drug-likeness (QED) is 0.284. The zero-order valence-corrected chi connectivity index (χ0v) is 21.0. The molecule has 0 aromatic heterocycles. The molecule has 1 amide bonds. The predicted octanol–water partition coefficient (Wildman–Crippen LogP) is 6.03. The van der Waals surface area contributed by atoms with Gasteiger partial charge in [0.05, 0.1) is 29.1 Å². The molecule has 9 heteroatoms. The van der Waals surface area contributed by atoms with Crippen molar-refractivity contribution in [2.24, 2.45) is 0 Å². The molecule has 3 aromatic carbocycles. The van der Waals surface area contributed by atoms with Crippen LogP contribution in [0.3, 0.4) is 0 Å². The SMILES string of the molecule is COc1ccc(CN2C(=O)/C(=C\c3ccc(OCc4ccc(C(=O)O)cc4)c(Cl)c3)SC2=S)cc1. The zero-order chi connectivity index (χ0) is 24.9. The Morgan fingerprint density at radius 1 is 1.09 bits per heavy atom. The molecule has 4 rings (SSSR count). The number of hydrogen-bond acceptors (Lipinski definition) is 6. The van der Waals surface area contributed by atoms with Gasteiger partial charge >= 0.3 is 5.97 Å². The average Bonchev–Trinajstić information content (AvgIpc) is 3.11. The monoisotopic (exact) mass is 525 g/mol. The lowest BCUT2D eigenvalue weighted by atomic mass is 10.1. The molecule has 0 aliphatic carbocycles. The van der Waals surface area contributed by atoms with E-state index in [-0.39, 0.29) is 18.1 Å². The number of ether oxygens (including phenoxy) is 2. The van der Waals surface area contributed by atoms with Gasteiger partial charge in [-0.25, -0.2) is 4.79 Å². The van der Waals surface area contributed by atoms with Crippen molar-refractivity contribution in [1.29, 1.82) is 0 Å². The van der Waals surface area contributed by atoms with E-state index in [1.54, 1.807) is 42.4 Å². The first-order valence-corrected chi connectivity index (χ1v) is 12.1. The lowest BCUT2D eigenvalue weighted by molar-refractivity contribution is -0.122. The van der Waals surface area contributed by atoms with E-state index in [1.807, 2.05) is 30.3 Å². The van der Waals surface area contributed by atoms with Crippen molar-refractivity contribution in [3.63, 3.8) is 0 Å². The van der Waals surface area contributed by atoms with Crippen LogP contribution in [-0.4, -0.2) is 33.3 Å². The Hall–Kier alpha value is -3.33. The topological polar surface area (TPSA) is 76.1 Å². The van der Waals surface area contributed by atoms with Crippen LogP contribution in [0.2, 0.25) is 5.02 Å². The Kier molecular flexibility index (Phi) is 7.75. The van der Waals surface area contributed by atoms with E-state index in [1.165, 1.54) is 23.9 Å². The number of hydrogen-bond donors (Lipinski definition) is 1. The Morgan fingerprint density at radius 3 is 2.40 bits per heavy atom. The van der Waals surface area contributed by atoms with Crippen LogP contribution in [0, 0.1) is 0 Å². The molecule has 0 radical (unpaired) electrons. The lowest BCUT2D eigenvalue weighted by Crippen LogP contribution is -2.27. The van der Waals surface area contributed by atoms with Crippen LogP contribution in [0.1, 0.15) is 27.0 Å². The molecule has 1 aliphatic heterocycles. The molecule has 3 aromatic rings. The van der Waals surface area contributed by atoms with Crippen molar-refractivity contribution < 1.29 is 24.2 Å². The zero-order valence-electron chi connectivity index (χ0n) is 18.6. The Morgan fingerprint density at radius 2 is 1.77 bits per heavy atom. The fourth-order valence-electron chi connectivity index (χ4n) is 3.33. The van der Waals surface area contributed by atoms with Crippen LogP contribution < -0.4 is 9.47 Å². The Bertz CT molecular complexity index is 1310. The number of carboxylic acid groups (broad SMARTS) is 1. The number of benzene rings is 3. The summed E-state index contributed by atoms with van der Waals surface area (Å²) in [5, 5.41) is 9.39. The summed E-state index contributed by atoms with van der Waals surface area (Å²) in [6.45, 7) is 0.621. The Balaban J connectivity index is 1.41. The molecule has 0 spiro atoms. The number of thiocarbonyl (C=S) groups is 1. The summed E-state index contributed by atoms with van der Waals surface area (Å²) in [4.78, 5) is 26.0.